The van der Waals surface area contributed by atoms with E-state index in [1.807, 2.05) is 23.9 Å². The number of aromatic nitrogens is 2. The van der Waals surface area contributed by atoms with Gasteiger partial charge in [-0.2, -0.15) is 5.10 Å². The second-order valence-electron chi connectivity index (χ2n) is 9.26. The molecule has 6 nitrogen and oxygen atoms in total. The Bertz CT molecular complexity index is 969. The largest absolute Gasteiger partial charge is 0.365 e. The third-order valence-electron chi connectivity index (χ3n) is 7.09. The monoisotopic (exact) mass is 468 g/mol. The number of benzene rings is 1. The summed E-state index contributed by atoms with van der Waals surface area (Å²) in [5.41, 5.74) is 3.63. The van der Waals surface area contributed by atoms with Crippen LogP contribution in [0.5, 0.6) is 0 Å². The molecule has 2 aliphatic rings. The summed E-state index contributed by atoms with van der Waals surface area (Å²) in [6, 6.07) is 10.9. The van der Waals surface area contributed by atoms with E-state index in [0.717, 1.165) is 37.1 Å². The van der Waals surface area contributed by atoms with Crippen molar-refractivity contribution in [1.29, 1.82) is 0 Å². The Kier molecular flexibility index (Phi) is 7.75. The maximum absolute atomic E-state index is 12.6. The summed E-state index contributed by atoms with van der Waals surface area (Å²) < 4.78 is 7.97. The zero-order valence-electron chi connectivity index (χ0n) is 19.5. The van der Waals surface area contributed by atoms with Crippen molar-refractivity contribution in [2.45, 2.75) is 63.1 Å². The predicted octanol–water partition coefficient (Wildman–Crippen LogP) is 3.47. The third-order valence-corrected chi connectivity index (χ3v) is 7.35. The molecule has 1 aromatic carbocycles. The minimum absolute atomic E-state index is 0.125. The zero-order chi connectivity index (χ0) is 23.4. The SMILES string of the molecule is C#CCNC(=O)[C@H]1CN(C2CCC(c3cc(C)n(C)n3)CC2)[C@@H](Cc2ccc(Cl)cc2)CO1. The van der Waals surface area contributed by atoms with E-state index in [4.69, 9.17) is 27.9 Å². The number of amides is 1. The number of aryl methyl sites for hydroxylation is 2. The van der Waals surface area contributed by atoms with Gasteiger partial charge in [-0.05, 0) is 62.8 Å². The second kappa shape index (κ2) is 10.7. The highest BCUT2D eigenvalue weighted by Crippen LogP contribution is 2.36. The molecule has 0 bridgehead atoms. The molecular weight excluding hydrogens is 436 g/mol. The fourth-order valence-corrected chi connectivity index (χ4v) is 5.26. The van der Waals surface area contributed by atoms with Crippen molar-refractivity contribution < 1.29 is 9.53 Å². The number of halogens is 1. The van der Waals surface area contributed by atoms with Gasteiger partial charge in [0.05, 0.1) is 18.8 Å². The van der Waals surface area contributed by atoms with E-state index >= 15 is 0 Å². The smallest absolute Gasteiger partial charge is 0.251 e. The van der Waals surface area contributed by atoms with E-state index in [9.17, 15) is 4.79 Å². The van der Waals surface area contributed by atoms with Crippen molar-refractivity contribution in [2.75, 3.05) is 19.7 Å². The Labute approximate surface area is 201 Å². The van der Waals surface area contributed by atoms with Crippen LogP contribution in [0.15, 0.2) is 30.3 Å². The minimum Gasteiger partial charge on any atom is -0.365 e. The van der Waals surface area contributed by atoms with Gasteiger partial charge >= 0.3 is 0 Å². The van der Waals surface area contributed by atoms with Gasteiger partial charge in [-0.1, -0.05) is 29.7 Å². The molecule has 2 fully saturated rings. The van der Waals surface area contributed by atoms with E-state index < -0.39 is 6.10 Å². The molecule has 33 heavy (non-hydrogen) atoms. The first-order valence-electron chi connectivity index (χ1n) is 11.8. The highest BCUT2D eigenvalue weighted by atomic mass is 35.5. The second-order valence-corrected chi connectivity index (χ2v) is 9.70. The first kappa shape index (κ1) is 23.8. The molecule has 1 amide bonds. The van der Waals surface area contributed by atoms with Gasteiger partial charge in [0, 0.05) is 42.3 Å². The highest BCUT2D eigenvalue weighted by molar-refractivity contribution is 6.30. The van der Waals surface area contributed by atoms with Crippen molar-refractivity contribution in [1.82, 2.24) is 20.0 Å². The van der Waals surface area contributed by atoms with Crippen LogP contribution in [-0.2, 0) is 23.0 Å². The average molecular weight is 469 g/mol. The van der Waals surface area contributed by atoms with Gasteiger partial charge in [0.1, 0.15) is 6.10 Å². The number of morpholine rings is 1. The Hall–Kier alpha value is -2.33. The summed E-state index contributed by atoms with van der Waals surface area (Å²) in [6.45, 7) is 3.44. The van der Waals surface area contributed by atoms with E-state index in [1.165, 1.54) is 17.0 Å². The summed E-state index contributed by atoms with van der Waals surface area (Å²) in [5, 5.41) is 8.24. The maximum Gasteiger partial charge on any atom is 0.251 e. The van der Waals surface area contributed by atoms with Crippen molar-refractivity contribution in [3.63, 3.8) is 0 Å². The molecule has 1 aliphatic heterocycles. The zero-order valence-corrected chi connectivity index (χ0v) is 20.2. The van der Waals surface area contributed by atoms with E-state index in [-0.39, 0.29) is 18.5 Å². The first-order chi connectivity index (χ1) is 15.9. The molecule has 2 aromatic rings. The number of hydrogen-bond acceptors (Lipinski definition) is 4. The number of hydrogen-bond donors (Lipinski definition) is 1. The highest BCUT2D eigenvalue weighted by Gasteiger charge is 2.38. The molecule has 1 N–H and O–H groups in total. The molecule has 2 atom stereocenters. The van der Waals surface area contributed by atoms with Gasteiger partial charge < -0.3 is 10.1 Å². The third kappa shape index (κ3) is 5.78. The van der Waals surface area contributed by atoms with Crippen LogP contribution in [0.2, 0.25) is 5.02 Å². The molecule has 176 valence electrons. The predicted molar refractivity (Wildman–Crippen MR) is 130 cm³/mol. The van der Waals surface area contributed by atoms with E-state index in [0.29, 0.717) is 25.1 Å². The number of nitrogens with zero attached hydrogens (tertiary/aromatic N) is 3. The summed E-state index contributed by atoms with van der Waals surface area (Å²) in [4.78, 5) is 15.1. The molecule has 1 saturated heterocycles. The van der Waals surface area contributed by atoms with Crippen molar-refractivity contribution in [3.8, 4) is 12.3 Å². The number of nitrogens with one attached hydrogen (secondary N) is 1. The van der Waals surface area contributed by atoms with Crippen LogP contribution < -0.4 is 5.32 Å². The fraction of sp³-hybridized carbons (Fsp3) is 0.538. The van der Waals surface area contributed by atoms with Gasteiger partial charge in [0.15, 0.2) is 0 Å². The maximum atomic E-state index is 12.6. The Balaban J connectivity index is 1.45. The van der Waals surface area contributed by atoms with Gasteiger partial charge in [-0.3, -0.25) is 14.4 Å². The normalized spacial score (nSPS) is 26.0. The number of rotatable bonds is 6. The molecular formula is C26H33ClN4O2. The number of carbonyl (C=O) groups is 1. The number of carbonyl (C=O) groups excluding carboxylic acids is 1. The van der Waals surface area contributed by atoms with Gasteiger partial charge in [-0.25, -0.2) is 0 Å². The van der Waals surface area contributed by atoms with Crippen LogP contribution >= 0.6 is 11.6 Å². The lowest BCUT2D eigenvalue weighted by atomic mass is 9.82. The summed E-state index contributed by atoms with van der Waals surface area (Å²) in [5.74, 6) is 2.85. The lowest BCUT2D eigenvalue weighted by molar-refractivity contribution is -0.145. The van der Waals surface area contributed by atoms with Gasteiger partial charge in [-0.15, -0.1) is 6.42 Å². The molecule has 1 aliphatic carbocycles. The average Bonchev–Trinajstić information content (AvgIpc) is 3.17. The Morgan fingerprint density at radius 3 is 2.64 bits per heavy atom. The van der Waals surface area contributed by atoms with Crippen molar-refractivity contribution in [3.05, 3.63) is 52.3 Å². The summed E-state index contributed by atoms with van der Waals surface area (Å²) in [7, 11) is 2.00. The van der Waals surface area contributed by atoms with E-state index in [2.05, 4.69) is 41.3 Å². The molecule has 0 radical (unpaired) electrons. The van der Waals surface area contributed by atoms with Crippen LogP contribution in [0.25, 0.3) is 0 Å². The van der Waals surface area contributed by atoms with Crippen LogP contribution in [0, 0.1) is 19.3 Å². The molecule has 2 heterocycles. The van der Waals surface area contributed by atoms with Crippen LogP contribution in [0.4, 0.5) is 0 Å². The van der Waals surface area contributed by atoms with Gasteiger partial charge in [0.2, 0.25) is 0 Å². The molecule has 7 heteroatoms. The summed E-state index contributed by atoms with van der Waals surface area (Å²) in [6.07, 6.45) is 10.1. The van der Waals surface area contributed by atoms with Crippen LogP contribution in [0.3, 0.4) is 0 Å². The molecule has 1 aromatic heterocycles. The molecule has 4 rings (SSSR count). The Morgan fingerprint density at radius 2 is 2.00 bits per heavy atom. The topological polar surface area (TPSA) is 59.4 Å². The lowest BCUT2D eigenvalue weighted by Gasteiger charge is -2.45. The van der Waals surface area contributed by atoms with Crippen molar-refractivity contribution >= 4 is 17.5 Å². The quantitative estimate of drug-likeness (QED) is 0.659. The molecule has 0 spiro atoms. The van der Waals surface area contributed by atoms with Crippen LogP contribution in [0.1, 0.15) is 48.6 Å². The Morgan fingerprint density at radius 1 is 1.27 bits per heavy atom. The van der Waals surface area contributed by atoms with Crippen molar-refractivity contribution in [2.24, 2.45) is 7.05 Å². The summed E-state index contributed by atoms with van der Waals surface area (Å²) >= 11 is 6.08. The lowest BCUT2D eigenvalue weighted by Crippen LogP contribution is -2.58. The number of ether oxygens (including phenoxy) is 1. The standard InChI is InChI=1S/C26H33ClN4O2/c1-4-13-28-26(32)25-16-31(23(17-33-25)15-19-5-9-21(27)10-6-19)22-11-7-20(8-12-22)24-14-18(2)30(3)29-24/h1,5-6,9-10,14,20,22-23,25H,7-8,11-13,15-17H2,2-3H3,(H,28,32)/t20?,22?,23-,25+/m0/s1. The van der Waals surface area contributed by atoms with Crippen LogP contribution in [-0.4, -0.2) is 58.5 Å². The van der Waals surface area contributed by atoms with Gasteiger partial charge in [0.25, 0.3) is 5.91 Å². The van der Waals surface area contributed by atoms with E-state index in [1.54, 1.807) is 0 Å². The minimum atomic E-state index is -0.490. The molecule has 0 unspecified atom stereocenters. The number of terminal acetylenes is 1. The molecule has 1 saturated carbocycles. The fourth-order valence-electron chi connectivity index (χ4n) is 5.13. The first-order valence-corrected chi connectivity index (χ1v) is 12.2.